The monoisotopic (exact) mass is 1200 g/mol. The van der Waals surface area contributed by atoms with Crippen LogP contribution in [0.4, 0.5) is 0 Å². The zero-order valence-corrected chi connectivity index (χ0v) is 48.9. The lowest BCUT2D eigenvalue weighted by molar-refractivity contribution is -0.142. The molecule has 31 N–H and O–H groups in total. The van der Waals surface area contributed by atoms with Crippen LogP contribution < -0.4 is 106 Å². The molecule has 0 radical (unpaired) electrons. The molecule has 84 heavy (non-hydrogen) atoms. The maximum absolute atomic E-state index is 14.4. The van der Waals surface area contributed by atoms with Crippen LogP contribution in [0.25, 0.3) is 0 Å². The summed E-state index contributed by atoms with van der Waals surface area (Å²) in [7, 11) is 0. The van der Waals surface area contributed by atoms with E-state index in [4.69, 9.17) is 63.1 Å². The van der Waals surface area contributed by atoms with Gasteiger partial charge in [0.2, 0.25) is 59.1 Å². The van der Waals surface area contributed by atoms with E-state index in [1.807, 2.05) is 0 Å². The number of carbonyl (C=O) groups is 11. The van der Waals surface area contributed by atoms with Crippen molar-refractivity contribution in [1.82, 2.24) is 42.5 Å². The van der Waals surface area contributed by atoms with Crippen LogP contribution in [0.5, 0.6) is 0 Å². The number of hydrogen-bond acceptors (Lipinski definition) is 19. The number of carboxylic acids is 1. The van der Waals surface area contributed by atoms with Crippen molar-refractivity contribution < 1.29 is 57.8 Å². The Kier molecular flexibility index (Phi) is 42.7. The van der Waals surface area contributed by atoms with E-state index in [0.717, 1.165) is 0 Å². The molecular formula is C52H102N20O12. The fourth-order valence-corrected chi connectivity index (χ4v) is 8.50. The number of aliphatic imine (C=N–C) groups is 1. The highest BCUT2D eigenvalue weighted by Gasteiger charge is 2.35. The summed E-state index contributed by atoms with van der Waals surface area (Å²) in [6.45, 7) is 1.66. The second-order valence-electron chi connectivity index (χ2n) is 20.6. The molecule has 482 valence electrons. The van der Waals surface area contributed by atoms with E-state index in [0.29, 0.717) is 77.3 Å². The molecule has 9 atom stereocenters. The lowest BCUT2D eigenvalue weighted by atomic mass is 10.0. The maximum Gasteiger partial charge on any atom is 0.326 e. The summed E-state index contributed by atoms with van der Waals surface area (Å²) < 4.78 is 0. The minimum absolute atomic E-state index is 0.0167. The highest BCUT2D eigenvalue weighted by atomic mass is 16.4. The summed E-state index contributed by atoms with van der Waals surface area (Å²) in [4.78, 5) is 152. The van der Waals surface area contributed by atoms with Crippen molar-refractivity contribution in [2.24, 2.45) is 68.1 Å². The fraction of sp³-hybridized carbons (Fsp3) is 0.769. The molecule has 0 aliphatic rings. The van der Waals surface area contributed by atoms with Crippen molar-refractivity contribution in [1.29, 1.82) is 0 Å². The number of carboxylic acid groups (broad SMARTS) is 1. The third-order valence-electron chi connectivity index (χ3n) is 13.4. The molecule has 10 amide bonds. The topological polar surface area (TPSA) is 603 Å². The maximum atomic E-state index is 14.4. The normalized spacial score (nSPS) is 14.3. The summed E-state index contributed by atoms with van der Waals surface area (Å²) in [5.41, 5.74) is 62.2. The third-order valence-corrected chi connectivity index (χ3v) is 13.4. The molecular weight excluding hydrogens is 1100 g/mol. The molecule has 0 saturated carbocycles. The Labute approximate surface area is 492 Å². The summed E-state index contributed by atoms with van der Waals surface area (Å²) in [5, 5.41) is 30.6. The molecule has 32 nitrogen and oxygen atoms in total. The van der Waals surface area contributed by atoms with Gasteiger partial charge in [0.15, 0.2) is 5.96 Å². The molecule has 0 fully saturated rings. The summed E-state index contributed by atoms with van der Waals surface area (Å²) >= 11 is 0. The van der Waals surface area contributed by atoms with Gasteiger partial charge in [-0.1, -0.05) is 6.42 Å². The van der Waals surface area contributed by atoms with E-state index in [-0.39, 0.29) is 122 Å². The average Bonchev–Trinajstić information content (AvgIpc) is 3.66. The van der Waals surface area contributed by atoms with Gasteiger partial charge in [0, 0.05) is 19.4 Å². The predicted molar refractivity (Wildman–Crippen MR) is 315 cm³/mol. The van der Waals surface area contributed by atoms with Crippen LogP contribution in [0.15, 0.2) is 4.99 Å². The SMILES string of the molecule is NCCCC[C@H](NC(=O)[C@H](CCC(N)=O)NC(=O)[C@H](CCCCN)NC(=O)[C@H](CCCCN)NC(=O)[C@H](CCC(N)=O)NC(=O)[C@H](CCCCN)NC(=O)[C@H](CCCN=C(N)N)NC(=O)[C@H](CCCCN)NC(=O)[C@@H](N)CCCCN)C(=O)O. The molecule has 0 spiro atoms. The molecule has 0 aliphatic carbocycles. The number of nitrogens with one attached hydrogen (secondary N) is 8. The Balaban J connectivity index is 7.08. The number of nitrogens with zero attached hydrogens (tertiary/aromatic N) is 1. The van der Waals surface area contributed by atoms with Gasteiger partial charge < -0.3 is 111 Å². The first-order valence-electron chi connectivity index (χ1n) is 29.2. The van der Waals surface area contributed by atoms with Crippen molar-refractivity contribution in [3.63, 3.8) is 0 Å². The highest BCUT2D eigenvalue weighted by molar-refractivity contribution is 5.98. The van der Waals surface area contributed by atoms with Gasteiger partial charge in [0.05, 0.1) is 6.04 Å². The van der Waals surface area contributed by atoms with Gasteiger partial charge >= 0.3 is 5.97 Å². The van der Waals surface area contributed by atoms with E-state index in [1.165, 1.54) is 0 Å². The van der Waals surface area contributed by atoms with E-state index >= 15 is 0 Å². The number of hydrogen-bond donors (Lipinski definition) is 20. The zero-order chi connectivity index (χ0) is 63.4. The summed E-state index contributed by atoms with van der Waals surface area (Å²) in [6, 6.07) is -12.1. The smallest absolute Gasteiger partial charge is 0.326 e. The number of unbranched alkanes of at least 4 members (excludes halogenated alkanes) is 6. The molecule has 0 rings (SSSR count). The van der Waals surface area contributed by atoms with Gasteiger partial charge in [-0.05, 0) is 174 Å². The summed E-state index contributed by atoms with van der Waals surface area (Å²) in [6.07, 6.45) is 3.89. The Morgan fingerprint density at radius 1 is 0.310 bits per heavy atom. The number of guanidine groups is 1. The van der Waals surface area contributed by atoms with E-state index in [1.54, 1.807) is 0 Å². The second kappa shape index (κ2) is 46.5. The van der Waals surface area contributed by atoms with Crippen molar-refractivity contribution >= 4 is 71.0 Å². The molecule has 0 aromatic carbocycles. The van der Waals surface area contributed by atoms with Crippen molar-refractivity contribution in [2.45, 2.75) is 208 Å². The molecule has 0 unspecified atom stereocenters. The number of aliphatic carboxylic acids is 1. The summed E-state index contributed by atoms with van der Waals surface area (Å²) in [5.74, 6) is -10.0. The minimum atomic E-state index is -1.57. The molecule has 0 aromatic rings. The third kappa shape index (κ3) is 35.3. The molecule has 0 saturated heterocycles. The van der Waals surface area contributed by atoms with Gasteiger partial charge in [-0.15, -0.1) is 0 Å². The van der Waals surface area contributed by atoms with Crippen LogP contribution in [-0.4, -0.2) is 176 Å². The first-order chi connectivity index (χ1) is 40.0. The van der Waals surface area contributed by atoms with Crippen molar-refractivity contribution in [3.8, 4) is 0 Å². The standard InChI is InChI=1S/C52H102N20O12/c53-25-7-1-14-32(59)43(75)65-33(15-2-8-26-54)44(76)69-37(20-13-31-64-52(62)63)48(80)67-36(18-5-11-29-57)46(78)70-38(21-23-41(60)73)49(81)68-34(16-3-9-27-55)45(77)66-35(17-4-10-28-56)47(79)71-39(22-24-42(61)74)50(82)72-40(51(83)84)19-6-12-30-58/h32-40H,1-31,53-59H2,(H2,60,73)(H2,61,74)(H,65,75)(H,66,77)(H,67,80)(H,68,81)(H,69,76)(H,70,78)(H,71,79)(H,72,82)(H,83,84)(H4,62,63,64)/t32-,33-,34-,35-,36-,37-,38-,39-,40-/m0/s1. The van der Waals surface area contributed by atoms with Crippen LogP contribution >= 0.6 is 0 Å². The number of amides is 10. The molecule has 0 bridgehead atoms. The first-order valence-corrected chi connectivity index (χ1v) is 29.2. The van der Waals surface area contributed by atoms with Gasteiger partial charge in [-0.25, -0.2) is 4.79 Å². The lowest BCUT2D eigenvalue weighted by Gasteiger charge is -2.28. The quantitative estimate of drug-likeness (QED) is 0.0153. The largest absolute Gasteiger partial charge is 0.480 e. The zero-order valence-electron chi connectivity index (χ0n) is 48.9. The molecule has 0 aromatic heterocycles. The number of nitrogens with two attached hydrogens (primary N) is 11. The van der Waals surface area contributed by atoms with Crippen molar-refractivity contribution in [3.05, 3.63) is 0 Å². The lowest BCUT2D eigenvalue weighted by Crippen LogP contribution is -2.60. The van der Waals surface area contributed by atoms with Crippen LogP contribution in [0.1, 0.15) is 154 Å². The van der Waals surface area contributed by atoms with Gasteiger partial charge in [0.1, 0.15) is 48.3 Å². The van der Waals surface area contributed by atoms with E-state index in [9.17, 15) is 57.8 Å². The van der Waals surface area contributed by atoms with Crippen LogP contribution in [0.2, 0.25) is 0 Å². The Morgan fingerprint density at radius 3 is 0.786 bits per heavy atom. The number of carbonyl (C=O) groups excluding carboxylic acids is 10. The van der Waals surface area contributed by atoms with E-state index in [2.05, 4.69) is 47.5 Å². The Morgan fingerprint density at radius 2 is 0.536 bits per heavy atom. The second-order valence-corrected chi connectivity index (χ2v) is 20.6. The van der Waals surface area contributed by atoms with Crippen LogP contribution in [0.3, 0.4) is 0 Å². The van der Waals surface area contributed by atoms with Crippen molar-refractivity contribution in [2.75, 3.05) is 45.8 Å². The minimum Gasteiger partial charge on any atom is -0.480 e. The average molecular weight is 1200 g/mol. The van der Waals surface area contributed by atoms with Gasteiger partial charge in [0.25, 0.3) is 0 Å². The number of rotatable bonds is 51. The molecule has 32 heteroatoms. The highest BCUT2D eigenvalue weighted by Crippen LogP contribution is 2.13. The Hall–Kier alpha value is -6.84. The molecule has 0 heterocycles. The van der Waals surface area contributed by atoms with Crippen LogP contribution in [-0.2, 0) is 52.7 Å². The fourth-order valence-electron chi connectivity index (χ4n) is 8.50. The predicted octanol–water partition coefficient (Wildman–Crippen LogP) is -6.36. The first kappa shape index (κ1) is 77.2. The van der Waals surface area contributed by atoms with Crippen LogP contribution in [0, 0.1) is 0 Å². The van der Waals surface area contributed by atoms with Gasteiger partial charge in [-0.2, -0.15) is 0 Å². The van der Waals surface area contributed by atoms with Gasteiger partial charge in [-0.3, -0.25) is 52.9 Å². The molecule has 0 aliphatic heterocycles. The van der Waals surface area contributed by atoms with E-state index < -0.39 is 126 Å². The Bertz CT molecular complexity index is 2050. The number of primary amides is 2.